The van der Waals surface area contributed by atoms with E-state index >= 15 is 0 Å². The molecule has 0 spiro atoms. The van der Waals surface area contributed by atoms with Gasteiger partial charge in [-0.2, -0.15) is 0 Å². The monoisotopic (exact) mass is 194 g/mol. The summed E-state index contributed by atoms with van der Waals surface area (Å²) in [7, 11) is 0. The van der Waals surface area contributed by atoms with Crippen molar-refractivity contribution in [3.05, 3.63) is 0 Å². The lowest BCUT2D eigenvalue weighted by molar-refractivity contribution is 0.298. The third kappa shape index (κ3) is 2.52. The highest BCUT2D eigenvalue weighted by Gasteiger charge is 2.39. The molecule has 0 aromatic rings. The summed E-state index contributed by atoms with van der Waals surface area (Å²) in [5, 5.41) is 0. The third-order valence-corrected chi connectivity index (χ3v) is 4.71. The van der Waals surface area contributed by atoms with Crippen LogP contribution in [-0.4, -0.2) is 0 Å². The average molecular weight is 194 g/mol. The van der Waals surface area contributed by atoms with Gasteiger partial charge < -0.3 is 0 Å². The molecule has 0 nitrogen and oxygen atoms in total. The van der Waals surface area contributed by atoms with Crippen LogP contribution in [0.15, 0.2) is 0 Å². The van der Waals surface area contributed by atoms with Crippen LogP contribution in [0.5, 0.6) is 0 Å². The molecule has 0 radical (unpaired) electrons. The minimum atomic E-state index is 0.913. The molecule has 0 bridgehead atoms. The average Bonchev–Trinajstić information content (AvgIpc) is 2.95. The molecular formula is C14H26. The van der Waals surface area contributed by atoms with Crippen molar-refractivity contribution < 1.29 is 0 Å². The Kier molecular flexibility index (Phi) is 2.91. The fourth-order valence-corrected chi connectivity index (χ4v) is 2.87. The lowest BCUT2D eigenvalue weighted by atomic mass is 9.85. The summed E-state index contributed by atoms with van der Waals surface area (Å²) in [6, 6.07) is 0. The van der Waals surface area contributed by atoms with Gasteiger partial charge in [-0.3, -0.25) is 0 Å². The molecule has 14 heavy (non-hydrogen) atoms. The van der Waals surface area contributed by atoms with Crippen LogP contribution in [0.3, 0.4) is 0 Å². The van der Waals surface area contributed by atoms with Crippen LogP contribution in [0.2, 0.25) is 0 Å². The van der Waals surface area contributed by atoms with Crippen molar-refractivity contribution in [3.63, 3.8) is 0 Å². The molecule has 2 aliphatic carbocycles. The van der Waals surface area contributed by atoms with Crippen LogP contribution in [0.25, 0.3) is 0 Å². The first-order valence-electron chi connectivity index (χ1n) is 6.58. The molecule has 2 saturated carbocycles. The zero-order valence-electron chi connectivity index (χ0n) is 10.3. The molecule has 0 N–H and O–H groups in total. The van der Waals surface area contributed by atoms with Gasteiger partial charge in [-0.15, -0.1) is 0 Å². The van der Waals surface area contributed by atoms with Crippen LogP contribution in [0.4, 0.5) is 0 Å². The van der Waals surface area contributed by atoms with E-state index in [0.717, 1.165) is 35.5 Å². The first-order chi connectivity index (χ1) is 6.58. The Balaban J connectivity index is 1.75. The van der Waals surface area contributed by atoms with Gasteiger partial charge in [-0.05, 0) is 61.2 Å². The van der Waals surface area contributed by atoms with Crippen molar-refractivity contribution in [2.75, 3.05) is 0 Å². The first kappa shape index (κ1) is 10.5. The topological polar surface area (TPSA) is 0 Å². The quantitative estimate of drug-likeness (QED) is 0.610. The highest BCUT2D eigenvalue weighted by atomic mass is 14.4. The van der Waals surface area contributed by atoms with E-state index < -0.39 is 0 Å². The zero-order valence-corrected chi connectivity index (χ0v) is 10.3. The Bertz CT molecular complexity index is 176. The molecule has 0 heteroatoms. The van der Waals surface area contributed by atoms with Crippen LogP contribution in [0.1, 0.15) is 53.4 Å². The van der Waals surface area contributed by atoms with E-state index in [2.05, 4.69) is 27.7 Å². The van der Waals surface area contributed by atoms with Gasteiger partial charge in [-0.25, -0.2) is 0 Å². The summed E-state index contributed by atoms with van der Waals surface area (Å²) in [5.41, 5.74) is 0. The van der Waals surface area contributed by atoms with Crippen LogP contribution in [-0.2, 0) is 0 Å². The predicted molar refractivity (Wildman–Crippen MR) is 62.1 cm³/mol. The lowest BCUT2D eigenvalue weighted by Gasteiger charge is -2.20. The van der Waals surface area contributed by atoms with Gasteiger partial charge in [0.2, 0.25) is 0 Å². The maximum Gasteiger partial charge on any atom is -0.0383 e. The van der Waals surface area contributed by atoms with E-state index in [4.69, 9.17) is 0 Å². The van der Waals surface area contributed by atoms with Crippen LogP contribution in [0, 0.1) is 35.5 Å². The Hall–Kier alpha value is 0. The largest absolute Gasteiger partial charge is 0.0625 e. The molecule has 0 heterocycles. The van der Waals surface area contributed by atoms with Gasteiger partial charge in [0.25, 0.3) is 0 Å². The van der Waals surface area contributed by atoms with Gasteiger partial charge in [0.1, 0.15) is 0 Å². The second-order valence-electron chi connectivity index (χ2n) is 6.42. The molecule has 0 amide bonds. The van der Waals surface area contributed by atoms with Crippen LogP contribution < -0.4 is 0 Å². The molecule has 2 fully saturated rings. The molecule has 4 atom stereocenters. The van der Waals surface area contributed by atoms with Gasteiger partial charge in [0, 0.05) is 0 Å². The van der Waals surface area contributed by atoms with E-state index in [1.54, 1.807) is 0 Å². The summed E-state index contributed by atoms with van der Waals surface area (Å²) >= 11 is 0. The van der Waals surface area contributed by atoms with Gasteiger partial charge >= 0.3 is 0 Å². The Labute approximate surface area is 89.5 Å². The van der Waals surface area contributed by atoms with E-state index in [-0.39, 0.29) is 0 Å². The Morgan fingerprint density at radius 2 is 1.29 bits per heavy atom. The first-order valence-corrected chi connectivity index (χ1v) is 6.58. The van der Waals surface area contributed by atoms with Crippen molar-refractivity contribution in [2.24, 2.45) is 35.5 Å². The zero-order chi connectivity index (χ0) is 10.3. The van der Waals surface area contributed by atoms with Crippen molar-refractivity contribution in [3.8, 4) is 0 Å². The maximum atomic E-state index is 2.42. The van der Waals surface area contributed by atoms with Gasteiger partial charge in [-0.1, -0.05) is 27.7 Å². The van der Waals surface area contributed by atoms with Crippen molar-refractivity contribution in [1.29, 1.82) is 0 Å². The lowest BCUT2D eigenvalue weighted by Crippen LogP contribution is -2.11. The normalized spacial score (nSPS) is 42.6. The highest BCUT2D eigenvalue weighted by molar-refractivity contribution is 4.89. The second kappa shape index (κ2) is 3.87. The molecule has 0 aliphatic heterocycles. The Morgan fingerprint density at radius 3 is 1.50 bits per heavy atom. The van der Waals surface area contributed by atoms with E-state index in [0.29, 0.717) is 0 Å². The summed E-state index contributed by atoms with van der Waals surface area (Å²) in [6.45, 7) is 9.68. The number of hydrogen-bond acceptors (Lipinski definition) is 0. The molecule has 0 aromatic heterocycles. The molecule has 0 saturated heterocycles. The molecule has 2 rings (SSSR count). The van der Waals surface area contributed by atoms with Gasteiger partial charge in [0.05, 0.1) is 0 Å². The number of hydrogen-bond donors (Lipinski definition) is 0. The van der Waals surface area contributed by atoms with Crippen molar-refractivity contribution in [2.45, 2.75) is 53.4 Å². The number of rotatable bonds is 5. The fourth-order valence-electron chi connectivity index (χ4n) is 2.87. The summed E-state index contributed by atoms with van der Waals surface area (Å²) in [5.74, 6) is 6.23. The minimum absolute atomic E-state index is 0.913. The minimum Gasteiger partial charge on any atom is -0.0625 e. The molecule has 0 aromatic carbocycles. The molecule has 4 unspecified atom stereocenters. The summed E-state index contributed by atoms with van der Waals surface area (Å²) < 4.78 is 0. The van der Waals surface area contributed by atoms with E-state index in [1.807, 2.05) is 0 Å². The van der Waals surface area contributed by atoms with Crippen LogP contribution >= 0.6 is 0 Å². The van der Waals surface area contributed by atoms with Crippen molar-refractivity contribution >= 4 is 0 Å². The van der Waals surface area contributed by atoms with E-state index in [9.17, 15) is 0 Å². The fraction of sp³-hybridized carbons (Fsp3) is 1.00. The van der Waals surface area contributed by atoms with Gasteiger partial charge in [0.15, 0.2) is 0 Å². The SMILES string of the molecule is CC(C)C(CC1CC1C)CC1CC1C. The third-order valence-electron chi connectivity index (χ3n) is 4.71. The summed E-state index contributed by atoms with van der Waals surface area (Å²) in [6.07, 6.45) is 6.09. The highest BCUT2D eigenvalue weighted by Crippen LogP contribution is 2.49. The Morgan fingerprint density at radius 1 is 0.929 bits per heavy atom. The summed E-state index contributed by atoms with van der Waals surface area (Å²) in [4.78, 5) is 0. The maximum absolute atomic E-state index is 2.42. The smallest absolute Gasteiger partial charge is 0.0383 e. The van der Waals surface area contributed by atoms with Crippen molar-refractivity contribution in [1.82, 2.24) is 0 Å². The molecule has 2 aliphatic rings. The predicted octanol–water partition coefficient (Wildman–Crippen LogP) is 4.35. The second-order valence-corrected chi connectivity index (χ2v) is 6.42. The van der Waals surface area contributed by atoms with E-state index in [1.165, 1.54) is 25.7 Å². The molecular weight excluding hydrogens is 168 g/mol. The molecule has 82 valence electrons. The standard InChI is InChI=1S/C14H26/c1-9(2)12(7-13-5-10(13)3)8-14-6-11(14)4/h9-14H,5-8H2,1-4H3.